The molecule has 2 heteroatoms. The summed E-state index contributed by atoms with van der Waals surface area (Å²) in [6, 6.07) is 11.5. The second kappa shape index (κ2) is 3.13. The van der Waals surface area contributed by atoms with Crippen molar-refractivity contribution in [3.05, 3.63) is 42.2 Å². The van der Waals surface area contributed by atoms with Crippen molar-refractivity contribution in [3.63, 3.8) is 0 Å². The molecule has 0 aliphatic rings. The van der Waals surface area contributed by atoms with E-state index in [4.69, 9.17) is 12.3 Å². The molecule has 0 saturated carbocycles. The van der Waals surface area contributed by atoms with Gasteiger partial charge in [0.1, 0.15) is 19.4 Å². The zero-order valence-corrected chi connectivity index (χ0v) is 7.45. The zero-order chi connectivity index (χ0) is 9.26. The lowest BCUT2D eigenvalue weighted by Gasteiger charge is -1.97. The quantitative estimate of drug-likeness (QED) is 0.594. The first-order chi connectivity index (χ1) is 6.25. The van der Waals surface area contributed by atoms with Crippen LogP contribution in [0, 0.1) is 6.92 Å². The lowest BCUT2D eigenvalue weighted by Crippen LogP contribution is -1.98. The van der Waals surface area contributed by atoms with E-state index < -0.39 is 0 Å². The molecule has 0 saturated heterocycles. The Bertz CT molecular complexity index is 400. The maximum Gasteiger partial charge on any atom is 0.134 e. The van der Waals surface area contributed by atoms with E-state index in [9.17, 15) is 0 Å². The molecule has 2 radical (unpaired) electrons. The number of hydrogen-bond acceptors (Lipinski definition) is 1. The van der Waals surface area contributed by atoms with Gasteiger partial charge in [0.2, 0.25) is 0 Å². The molecule has 0 bridgehead atoms. The van der Waals surface area contributed by atoms with Gasteiger partial charge >= 0.3 is 0 Å². The first-order valence-corrected chi connectivity index (χ1v) is 4.18. The average molecular weight is 168 g/mol. The van der Waals surface area contributed by atoms with Crippen LogP contribution in [0.4, 0.5) is 0 Å². The maximum atomic E-state index is 5.58. The summed E-state index contributed by atoms with van der Waals surface area (Å²) in [6.07, 6.45) is 0. The van der Waals surface area contributed by atoms with Crippen molar-refractivity contribution in [2.24, 2.45) is 0 Å². The molecule has 0 unspecified atom stereocenters. The first-order valence-electron chi connectivity index (χ1n) is 4.18. The topological polar surface area (TPSA) is 13.1 Å². The molecular weight excluding hydrogens is 159 g/mol. The summed E-state index contributed by atoms with van der Waals surface area (Å²) in [4.78, 5) is 0. The van der Waals surface area contributed by atoms with Crippen LogP contribution in [0.1, 0.15) is 5.76 Å². The van der Waals surface area contributed by atoms with E-state index in [1.807, 2.05) is 43.3 Å². The van der Waals surface area contributed by atoms with E-state index in [1.165, 1.54) is 0 Å². The third-order valence-electron chi connectivity index (χ3n) is 1.94. The second-order valence-corrected chi connectivity index (χ2v) is 3.03. The lowest BCUT2D eigenvalue weighted by atomic mass is 9.95. The Morgan fingerprint density at radius 1 is 1.00 bits per heavy atom. The van der Waals surface area contributed by atoms with Gasteiger partial charge in [-0.1, -0.05) is 29.7 Å². The minimum absolute atomic E-state index is 0.770. The number of rotatable bonds is 1. The molecule has 0 fully saturated rings. The van der Waals surface area contributed by atoms with Gasteiger partial charge < -0.3 is 4.42 Å². The molecule has 13 heavy (non-hydrogen) atoms. The molecule has 1 aromatic heterocycles. The first kappa shape index (κ1) is 8.18. The van der Waals surface area contributed by atoms with Gasteiger partial charge in [0.05, 0.1) is 0 Å². The van der Waals surface area contributed by atoms with Crippen LogP contribution in [-0.4, -0.2) is 7.85 Å². The third-order valence-corrected chi connectivity index (χ3v) is 1.94. The summed E-state index contributed by atoms with van der Waals surface area (Å²) in [6.45, 7) is 1.93. The summed E-state index contributed by atoms with van der Waals surface area (Å²) in [5.74, 6) is 1.81. The molecule has 2 rings (SSSR count). The summed E-state index contributed by atoms with van der Waals surface area (Å²) in [7, 11) is 5.58. The minimum atomic E-state index is 0.770. The monoisotopic (exact) mass is 168 g/mol. The SMILES string of the molecule is [B]c1ccc(-c2ccc(C)o2)cc1. The predicted octanol–water partition coefficient (Wildman–Crippen LogP) is 2.05. The molecule has 0 aliphatic heterocycles. The summed E-state index contributed by atoms with van der Waals surface area (Å²) < 4.78 is 5.47. The van der Waals surface area contributed by atoms with Crippen LogP contribution in [0.25, 0.3) is 11.3 Å². The van der Waals surface area contributed by atoms with Crippen molar-refractivity contribution in [3.8, 4) is 11.3 Å². The Hall–Kier alpha value is -1.44. The highest BCUT2D eigenvalue weighted by Gasteiger charge is 2.00. The molecule has 0 spiro atoms. The maximum absolute atomic E-state index is 5.58. The van der Waals surface area contributed by atoms with Gasteiger partial charge in [-0.3, -0.25) is 0 Å². The molecule has 0 atom stereocenters. The fourth-order valence-electron chi connectivity index (χ4n) is 1.24. The highest BCUT2D eigenvalue weighted by molar-refractivity contribution is 6.32. The van der Waals surface area contributed by atoms with E-state index in [0.717, 1.165) is 22.5 Å². The van der Waals surface area contributed by atoms with Gasteiger partial charge in [0, 0.05) is 5.56 Å². The van der Waals surface area contributed by atoms with Gasteiger partial charge in [-0.05, 0) is 19.1 Å². The van der Waals surface area contributed by atoms with E-state index in [0.29, 0.717) is 0 Å². The Kier molecular flexibility index (Phi) is 1.97. The summed E-state index contributed by atoms with van der Waals surface area (Å²) in [5, 5.41) is 0. The van der Waals surface area contributed by atoms with Crippen LogP contribution in [0.3, 0.4) is 0 Å². The minimum Gasteiger partial charge on any atom is -0.461 e. The number of benzene rings is 1. The normalized spacial score (nSPS) is 10.2. The fourth-order valence-corrected chi connectivity index (χ4v) is 1.24. The Morgan fingerprint density at radius 3 is 2.23 bits per heavy atom. The molecule has 0 aliphatic carbocycles. The lowest BCUT2D eigenvalue weighted by molar-refractivity contribution is 0.548. The van der Waals surface area contributed by atoms with Crippen LogP contribution in [0.5, 0.6) is 0 Å². The Labute approximate surface area is 78.8 Å². The van der Waals surface area contributed by atoms with Crippen LogP contribution in [0.15, 0.2) is 40.8 Å². The molecule has 62 valence electrons. The average Bonchev–Trinajstić information content (AvgIpc) is 2.53. The molecule has 0 amide bonds. The fraction of sp³-hybridized carbons (Fsp3) is 0.0909. The molecule has 1 heterocycles. The van der Waals surface area contributed by atoms with Gasteiger partial charge in [-0.15, -0.1) is 0 Å². The van der Waals surface area contributed by atoms with Crippen LogP contribution in [0.2, 0.25) is 0 Å². The zero-order valence-electron chi connectivity index (χ0n) is 7.45. The van der Waals surface area contributed by atoms with Crippen molar-refractivity contribution in [2.75, 3.05) is 0 Å². The van der Waals surface area contributed by atoms with Crippen LogP contribution in [-0.2, 0) is 0 Å². The third kappa shape index (κ3) is 1.67. The van der Waals surface area contributed by atoms with Gasteiger partial charge in [0.25, 0.3) is 0 Å². The number of furan rings is 1. The molecule has 1 aromatic carbocycles. The van der Waals surface area contributed by atoms with E-state index in [-0.39, 0.29) is 0 Å². The van der Waals surface area contributed by atoms with Crippen molar-refractivity contribution in [1.29, 1.82) is 0 Å². The Balaban J connectivity index is 2.41. The molecule has 2 aromatic rings. The molecular formula is C11H9BO. The Morgan fingerprint density at radius 2 is 1.69 bits per heavy atom. The van der Waals surface area contributed by atoms with Crippen molar-refractivity contribution >= 4 is 13.3 Å². The highest BCUT2D eigenvalue weighted by atomic mass is 16.3. The highest BCUT2D eigenvalue weighted by Crippen LogP contribution is 2.20. The van der Waals surface area contributed by atoms with Crippen molar-refractivity contribution in [1.82, 2.24) is 0 Å². The van der Waals surface area contributed by atoms with Crippen LogP contribution >= 0.6 is 0 Å². The predicted molar refractivity (Wildman–Crippen MR) is 54.3 cm³/mol. The van der Waals surface area contributed by atoms with E-state index in [1.54, 1.807) is 0 Å². The van der Waals surface area contributed by atoms with Crippen molar-refractivity contribution < 1.29 is 4.42 Å². The standard InChI is InChI=1S/C11H9BO/c1-8-2-7-11(13-8)9-3-5-10(12)6-4-9/h2-7H,1H3. The summed E-state index contributed by atoms with van der Waals surface area (Å²) in [5.41, 5.74) is 1.83. The number of hydrogen-bond donors (Lipinski definition) is 0. The van der Waals surface area contributed by atoms with Crippen molar-refractivity contribution in [2.45, 2.75) is 6.92 Å². The van der Waals surface area contributed by atoms with Gasteiger partial charge in [-0.25, -0.2) is 0 Å². The van der Waals surface area contributed by atoms with Gasteiger partial charge in [-0.2, -0.15) is 0 Å². The second-order valence-electron chi connectivity index (χ2n) is 3.03. The molecule has 1 nitrogen and oxygen atoms in total. The van der Waals surface area contributed by atoms with Crippen LogP contribution < -0.4 is 5.46 Å². The largest absolute Gasteiger partial charge is 0.461 e. The summed E-state index contributed by atoms with van der Waals surface area (Å²) >= 11 is 0. The molecule has 0 N–H and O–H groups in total. The van der Waals surface area contributed by atoms with E-state index >= 15 is 0 Å². The smallest absolute Gasteiger partial charge is 0.134 e. The van der Waals surface area contributed by atoms with Gasteiger partial charge in [0.15, 0.2) is 0 Å². The van der Waals surface area contributed by atoms with E-state index in [2.05, 4.69) is 0 Å². The number of aryl methyl sites for hydroxylation is 1.